The number of carbonyl (C=O) groups excluding carboxylic acids is 1. The first-order valence-electron chi connectivity index (χ1n) is 4.93. The van der Waals surface area contributed by atoms with Crippen molar-refractivity contribution in [1.82, 2.24) is 5.48 Å². The van der Waals surface area contributed by atoms with Crippen LogP contribution in [-0.4, -0.2) is 18.1 Å². The van der Waals surface area contributed by atoms with Crippen molar-refractivity contribution in [3.63, 3.8) is 0 Å². The van der Waals surface area contributed by atoms with Crippen LogP contribution in [0.2, 0.25) is 0 Å². The first kappa shape index (κ1) is 13.4. The van der Waals surface area contributed by atoms with Gasteiger partial charge in [0, 0.05) is 6.54 Å². The van der Waals surface area contributed by atoms with Crippen LogP contribution in [0.15, 0.2) is 0 Å². The van der Waals surface area contributed by atoms with Gasteiger partial charge in [-0.15, -0.1) is 0 Å². The summed E-state index contributed by atoms with van der Waals surface area (Å²) in [5, 5.41) is 0. The summed E-state index contributed by atoms with van der Waals surface area (Å²) >= 11 is 0. The van der Waals surface area contributed by atoms with E-state index in [1.54, 1.807) is 0 Å². The number of carbonyl (C=O) groups is 1. The molecule has 0 aromatic rings. The van der Waals surface area contributed by atoms with Gasteiger partial charge in [0.05, 0.1) is 11.0 Å². The van der Waals surface area contributed by atoms with Crippen molar-refractivity contribution < 1.29 is 9.63 Å². The Morgan fingerprint density at radius 3 is 2.14 bits per heavy atom. The normalized spacial score (nSPS) is 16.1. The van der Waals surface area contributed by atoms with Crippen LogP contribution in [0.5, 0.6) is 0 Å². The SMILES string of the molecule is CCC(C)(CN)C(=O)NOC(C)(C)C. The van der Waals surface area contributed by atoms with Crippen molar-refractivity contribution in [2.24, 2.45) is 11.1 Å². The zero-order valence-corrected chi connectivity index (χ0v) is 9.81. The number of hydrogen-bond acceptors (Lipinski definition) is 3. The van der Waals surface area contributed by atoms with Gasteiger partial charge in [0.1, 0.15) is 0 Å². The van der Waals surface area contributed by atoms with E-state index in [-0.39, 0.29) is 11.5 Å². The highest BCUT2D eigenvalue weighted by molar-refractivity contribution is 5.81. The van der Waals surface area contributed by atoms with Gasteiger partial charge in [-0.25, -0.2) is 5.48 Å². The summed E-state index contributed by atoms with van der Waals surface area (Å²) in [6.07, 6.45) is 0.697. The summed E-state index contributed by atoms with van der Waals surface area (Å²) in [6.45, 7) is 9.71. The van der Waals surface area contributed by atoms with Crippen LogP contribution < -0.4 is 11.2 Å². The van der Waals surface area contributed by atoms with Gasteiger partial charge in [-0.3, -0.25) is 9.63 Å². The van der Waals surface area contributed by atoms with E-state index in [1.165, 1.54) is 0 Å². The molecule has 0 radical (unpaired) electrons. The maximum atomic E-state index is 11.7. The molecule has 0 bridgehead atoms. The van der Waals surface area contributed by atoms with E-state index in [9.17, 15) is 4.79 Å². The molecule has 1 unspecified atom stereocenters. The molecule has 0 aromatic carbocycles. The lowest BCUT2D eigenvalue weighted by atomic mass is 9.87. The Kier molecular flexibility index (Phi) is 4.55. The second-order valence-corrected chi connectivity index (χ2v) is 4.76. The minimum atomic E-state index is -0.536. The molecule has 84 valence electrons. The van der Waals surface area contributed by atoms with Crippen LogP contribution in [0.3, 0.4) is 0 Å². The number of hydroxylamine groups is 1. The highest BCUT2D eigenvalue weighted by Gasteiger charge is 2.30. The first-order chi connectivity index (χ1) is 6.25. The van der Waals surface area contributed by atoms with Crippen LogP contribution >= 0.6 is 0 Å². The third-order valence-electron chi connectivity index (χ3n) is 2.23. The van der Waals surface area contributed by atoms with Crippen LogP contribution in [0.25, 0.3) is 0 Å². The van der Waals surface area contributed by atoms with Crippen molar-refractivity contribution in [3.05, 3.63) is 0 Å². The summed E-state index contributed by atoms with van der Waals surface area (Å²) < 4.78 is 0. The average molecular weight is 202 g/mol. The summed E-state index contributed by atoms with van der Waals surface area (Å²) in [5.41, 5.74) is 7.07. The fourth-order valence-electron chi connectivity index (χ4n) is 0.720. The van der Waals surface area contributed by atoms with Crippen LogP contribution in [0.4, 0.5) is 0 Å². The fourth-order valence-corrected chi connectivity index (χ4v) is 0.720. The van der Waals surface area contributed by atoms with Crippen molar-refractivity contribution in [2.45, 2.75) is 46.6 Å². The Bertz CT molecular complexity index is 193. The summed E-state index contributed by atoms with van der Waals surface area (Å²) in [5.74, 6) is -0.155. The minimum absolute atomic E-state index is 0.155. The van der Waals surface area contributed by atoms with Crippen LogP contribution in [0.1, 0.15) is 41.0 Å². The van der Waals surface area contributed by atoms with E-state index in [2.05, 4.69) is 5.48 Å². The molecule has 0 heterocycles. The third-order valence-corrected chi connectivity index (χ3v) is 2.23. The lowest BCUT2D eigenvalue weighted by molar-refractivity contribution is -0.154. The fraction of sp³-hybridized carbons (Fsp3) is 0.900. The average Bonchev–Trinajstić information content (AvgIpc) is 2.11. The van der Waals surface area contributed by atoms with Crippen molar-refractivity contribution >= 4 is 5.91 Å². The van der Waals surface area contributed by atoms with Crippen LogP contribution in [-0.2, 0) is 9.63 Å². The maximum absolute atomic E-state index is 11.7. The highest BCUT2D eigenvalue weighted by Crippen LogP contribution is 2.19. The summed E-state index contributed by atoms with van der Waals surface area (Å²) in [7, 11) is 0. The predicted molar refractivity (Wildman–Crippen MR) is 56.4 cm³/mol. The second kappa shape index (κ2) is 4.75. The largest absolute Gasteiger partial charge is 0.329 e. The number of hydrogen-bond donors (Lipinski definition) is 2. The molecule has 4 nitrogen and oxygen atoms in total. The molecule has 0 saturated heterocycles. The van der Waals surface area contributed by atoms with E-state index in [0.29, 0.717) is 13.0 Å². The number of rotatable bonds is 4. The first-order valence-corrected chi connectivity index (χ1v) is 4.93. The van der Waals surface area contributed by atoms with E-state index < -0.39 is 5.41 Å². The lowest BCUT2D eigenvalue weighted by Crippen LogP contribution is -2.45. The molecule has 4 heteroatoms. The molecule has 0 aliphatic carbocycles. The van der Waals surface area contributed by atoms with E-state index in [4.69, 9.17) is 10.6 Å². The standard InChI is InChI=1S/C10H22N2O2/c1-6-10(5,7-11)8(13)12-14-9(2,3)4/h6-7,11H2,1-5H3,(H,12,13). The van der Waals surface area contributed by atoms with Crippen LogP contribution in [0, 0.1) is 5.41 Å². The van der Waals surface area contributed by atoms with Gasteiger partial charge < -0.3 is 5.73 Å². The quantitative estimate of drug-likeness (QED) is 0.673. The third kappa shape index (κ3) is 4.07. The van der Waals surface area contributed by atoms with E-state index in [1.807, 2.05) is 34.6 Å². The molecule has 0 aromatic heterocycles. The summed E-state index contributed by atoms with van der Waals surface area (Å²) in [6, 6.07) is 0. The van der Waals surface area contributed by atoms with Gasteiger partial charge in [-0.1, -0.05) is 6.92 Å². The molecular formula is C10H22N2O2. The smallest absolute Gasteiger partial charge is 0.250 e. The Balaban J connectivity index is 4.20. The van der Waals surface area contributed by atoms with Gasteiger partial charge in [0.25, 0.3) is 5.91 Å². The Morgan fingerprint density at radius 1 is 1.36 bits per heavy atom. The monoisotopic (exact) mass is 202 g/mol. The van der Waals surface area contributed by atoms with Gasteiger partial charge in [0.2, 0.25) is 0 Å². The van der Waals surface area contributed by atoms with Crippen molar-refractivity contribution in [3.8, 4) is 0 Å². The molecule has 0 spiro atoms. The molecule has 0 fully saturated rings. The lowest BCUT2D eigenvalue weighted by Gasteiger charge is -2.27. The number of amides is 1. The van der Waals surface area contributed by atoms with E-state index >= 15 is 0 Å². The molecule has 1 amide bonds. The van der Waals surface area contributed by atoms with Gasteiger partial charge in [-0.2, -0.15) is 0 Å². The minimum Gasteiger partial charge on any atom is -0.329 e. The van der Waals surface area contributed by atoms with Crippen molar-refractivity contribution in [1.29, 1.82) is 0 Å². The molecular weight excluding hydrogens is 180 g/mol. The molecule has 0 aliphatic heterocycles. The Morgan fingerprint density at radius 2 is 1.86 bits per heavy atom. The molecule has 14 heavy (non-hydrogen) atoms. The Labute approximate surface area is 86.1 Å². The predicted octanol–water partition coefficient (Wildman–Crippen LogP) is 1.21. The molecule has 0 saturated carbocycles. The molecule has 3 N–H and O–H groups in total. The highest BCUT2D eigenvalue weighted by atomic mass is 16.7. The zero-order chi connectivity index (χ0) is 11.4. The maximum Gasteiger partial charge on any atom is 0.250 e. The second-order valence-electron chi connectivity index (χ2n) is 4.76. The van der Waals surface area contributed by atoms with Crippen molar-refractivity contribution in [2.75, 3.05) is 6.54 Å². The molecule has 0 rings (SSSR count). The number of nitrogens with one attached hydrogen (secondary N) is 1. The summed E-state index contributed by atoms with van der Waals surface area (Å²) in [4.78, 5) is 16.8. The molecule has 1 atom stereocenters. The van der Waals surface area contributed by atoms with Gasteiger partial charge >= 0.3 is 0 Å². The zero-order valence-electron chi connectivity index (χ0n) is 9.81. The number of nitrogens with two attached hydrogens (primary N) is 1. The van der Waals surface area contributed by atoms with Gasteiger partial charge in [0.15, 0.2) is 0 Å². The Hall–Kier alpha value is -0.610. The molecule has 0 aliphatic rings. The topological polar surface area (TPSA) is 64.4 Å². The van der Waals surface area contributed by atoms with E-state index in [0.717, 1.165) is 0 Å². The van der Waals surface area contributed by atoms with Gasteiger partial charge in [-0.05, 0) is 34.1 Å².